The normalized spacial score (nSPS) is 12.3. The number of halogens is 1. The van der Waals surface area contributed by atoms with Crippen LogP contribution in [0.3, 0.4) is 0 Å². The van der Waals surface area contributed by atoms with E-state index in [1.165, 1.54) is 16.4 Å². The predicted octanol–water partition coefficient (Wildman–Crippen LogP) is 1.39. The first-order chi connectivity index (χ1) is 9.00. The van der Waals surface area contributed by atoms with Gasteiger partial charge < -0.3 is 11.6 Å². The van der Waals surface area contributed by atoms with Crippen molar-refractivity contribution in [2.75, 3.05) is 5.84 Å². The lowest BCUT2D eigenvalue weighted by molar-refractivity contribution is -0.117. The molecular weight excluding hydrogens is 330 g/mol. The lowest BCUT2D eigenvalue weighted by Gasteiger charge is -2.07. The first-order valence-electron chi connectivity index (χ1n) is 5.42. The maximum atomic E-state index is 11.0. The van der Waals surface area contributed by atoms with Crippen LogP contribution in [0.1, 0.15) is 6.92 Å². The van der Waals surface area contributed by atoms with Crippen LogP contribution < -0.4 is 11.6 Å². The van der Waals surface area contributed by atoms with Gasteiger partial charge in [0.05, 0.1) is 5.25 Å². The van der Waals surface area contributed by atoms with E-state index in [1.807, 2.05) is 24.3 Å². The molecular formula is C11H12BrN5OS. The predicted molar refractivity (Wildman–Crippen MR) is 77.8 cm³/mol. The smallest absolute Gasteiger partial charge is 0.230 e. The van der Waals surface area contributed by atoms with Crippen molar-refractivity contribution in [1.82, 2.24) is 14.9 Å². The Morgan fingerprint density at radius 3 is 2.74 bits per heavy atom. The van der Waals surface area contributed by atoms with E-state index in [2.05, 4.69) is 26.1 Å². The highest BCUT2D eigenvalue weighted by Crippen LogP contribution is 2.28. The van der Waals surface area contributed by atoms with E-state index < -0.39 is 11.2 Å². The van der Waals surface area contributed by atoms with Crippen LogP contribution in [0.2, 0.25) is 0 Å². The molecule has 4 N–H and O–H groups in total. The van der Waals surface area contributed by atoms with Crippen molar-refractivity contribution in [1.29, 1.82) is 0 Å². The molecule has 0 saturated heterocycles. The SMILES string of the molecule is C[C@@H](Sc1nnc(-c2ccccc2Br)n1N)C(N)=O. The molecule has 1 heterocycles. The number of primary amides is 1. The van der Waals surface area contributed by atoms with Crippen molar-refractivity contribution >= 4 is 33.6 Å². The standard InChI is InChI=1S/C11H12BrN5OS/c1-6(9(13)18)19-11-16-15-10(17(11)14)7-4-2-3-5-8(7)12/h2-6H,14H2,1H3,(H2,13,18)/t6-/m1/s1. The summed E-state index contributed by atoms with van der Waals surface area (Å²) in [7, 11) is 0. The molecule has 1 aromatic carbocycles. The Morgan fingerprint density at radius 1 is 1.42 bits per heavy atom. The van der Waals surface area contributed by atoms with Gasteiger partial charge in [-0.15, -0.1) is 10.2 Å². The van der Waals surface area contributed by atoms with Gasteiger partial charge in [0.25, 0.3) is 0 Å². The van der Waals surface area contributed by atoms with Crippen LogP contribution in [0.15, 0.2) is 33.9 Å². The van der Waals surface area contributed by atoms with Gasteiger partial charge in [-0.3, -0.25) is 4.79 Å². The van der Waals surface area contributed by atoms with Gasteiger partial charge in [-0.1, -0.05) is 39.8 Å². The first-order valence-corrected chi connectivity index (χ1v) is 7.09. The molecule has 0 unspecified atom stereocenters. The van der Waals surface area contributed by atoms with E-state index in [4.69, 9.17) is 11.6 Å². The van der Waals surface area contributed by atoms with Crippen molar-refractivity contribution < 1.29 is 4.79 Å². The Labute approximate surface area is 122 Å². The monoisotopic (exact) mass is 341 g/mol. The average Bonchev–Trinajstić information content (AvgIpc) is 2.72. The van der Waals surface area contributed by atoms with E-state index in [0.29, 0.717) is 11.0 Å². The number of amides is 1. The summed E-state index contributed by atoms with van der Waals surface area (Å²) < 4.78 is 2.22. The topological polar surface area (TPSA) is 99.8 Å². The number of nitrogens with zero attached hydrogens (tertiary/aromatic N) is 3. The number of carbonyl (C=O) groups is 1. The second-order valence-electron chi connectivity index (χ2n) is 3.82. The Bertz CT molecular complexity index is 615. The summed E-state index contributed by atoms with van der Waals surface area (Å²) in [5.41, 5.74) is 6.04. The van der Waals surface area contributed by atoms with Crippen LogP contribution in [0.4, 0.5) is 0 Å². The van der Waals surface area contributed by atoms with E-state index in [0.717, 1.165) is 10.0 Å². The zero-order valence-corrected chi connectivity index (χ0v) is 12.5. The maximum absolute atomic E-state index is 11.0. The molecule has 0 fully saturated rings. The van der Waals surface area contributed by atoms with Crippen LogP contribution in [0, 0.1) is 0 Å². The highest BCUT2D eigenvalue weighted by atomic mass is 79.9. The molecule has 0 aliphatic rings. The molecule has 0 bridgehead atoms. The molecule has 6 nitrogen and oxygen atoms in total. The van der Waals surface area contributed by atoms with Crippen molar-refractivity contribution in [3.8, 4) is 11.4 Å². The second kappa shape index (κ2) is 5.62. The minimum absolute atomic E-state index is 0.418. The third kappa shape index (κ3) is 2.90. The average molecular weight is 342 g/mol. The Hall–Kier alpha value is -1.54. The fourth-order valence-electron chi connectivity index (χ4n) is 1.40. The van der Waals surface area contributed by atoms with E-state index in [-0.39, 0.29) is 0 Å². The van der Waals surface area contributed by atoms with Crippen LogP contribution >= 0.6 is 27.7 Å². The number of nitrogen functional groups attached to an aromatic ring is 1. The highest BCUT2D eigenvalue weighted by Gasteiger charge is 2.18. The Balaban J connectivity index is 2.34. The fourth-order valence-corrected chi connectivity index (χ4v) is 2.58. The Kier molecular flexibility index (Phi) is 4.11. The maximum Gasteiger partial charge on any atom is 0.230 e. The minimum atomic E-state index is -0.421. The summed E-state index contributed by atoms with van der Waals surface area (Å²) in [4.78, 5) is 11.0. The van der Waals surface area contributed by atoms with Gasteiger partial charge in [-0.05, 0) is 19.1 Å². The minimum Gasteiger partial charge on any atom is -0.369 e. The summed E-state index contributed by atoms with van der Waals surface area (Å²) in [6.45, 7) is 1.69. The third-order valence-electron chi connectivity index (χ3n) is 2.46. The number of aromatic nitrogens is 3. The van der Waals surface area contributed by atoms with E-state index in [9.17, 15) is 4.79 Å². The molecule has 2 rings (SSSR count). The first kappa shape index (κ1) is 13.9. The van der Waals surface area contributed by atoms with Crippen LogP contribution in [0.5, 0.6) is 0 Å². The molecule has 1 aromatic heterocycles. The number of rotatable bonds is 4. The number of hydrogen-bond donors (Lipinski definition) is 2. The largest absolute Gasteiger partial charge is 0.369 e. The van der Waals surface area contributed by atoms with Crippen molar-refractivity contribution in [3.05, 3.63) is 28.7 Å². The molecule has 2 aromatic rings. The number of hydrogen-bond acceptors (Lipinski definition) is 5. The molecule has 1 amide bonds. The van der Waals surface area contributed by atoms with Crippen LogP contribution in [-0.2, 0) is 4.79 Å². The quantitative estimate of drug-likeness (QED) is 0.646. The molecule has 0 aliphatic heterocycles. The van der Waals surface area contributed by atoms with E-state index >= 15 is 0 Å². The number of benzene rings is 1. The zero-order chi connectivity index (χ0) is 14.0. The van der Waals surface area contributed by atoms with Gasteiger partial charge in [0.15, 0.2) is 5.82 Å². The van der Waals surface area contributed by atoms with Crippen molar-refractivity contribution in [3.63, 3.8) is 0 Å². The highest BCUT2D eigenvalue weighted by molar-refractivity contribution is 9.10. The summed E-state index contributed by atoms with van der Waals surface area (Å²) in [6.07, 6.45) is 0. The molecule has 0 saturated carbocycles. The number of carbonyl (C=O) groups excluding carboxylic acids is 1. The molecule has 1 atom stereocenters. The number of thioether (sulfide) groups is 1. The summed E-state index contributed by atoms with van der Waals surface area (Å²) in [6, 6.07) is 7.55. The zero-order valence-electron chi connectivity index (χ0n) is 10.1. The number of nitrogens with two attached hydrogens (primary N) is 2. The fraction of sp³-hybridized carbons (Fsp3) is 0.182. The lowest BCUT2D eigenvalue weighted by Crippen LogP contribution is -2.23. The van der Waals surface area contributed by atoms with Gasteiger partial charge in [0, 0.05) is 10.0 Å². The third-order valence-corrected chi connectivity index (χ3v) is 4.23. The Morgan fingerprint density at radius 2 is 2.11 bits per heavy atom. The van der Waals surface area contributed by atoms with Crippen LogP contribution in [0.25, 0.3) is 11.4 Å². The van der Waals surface area contributed by atoms with Crippen molar-refractivity contribution in [2.45, 2.75) is 17.3 Å². The van der Waals surface area contributed by atoms with Crippen molar-refractivity contribution in [2.24, 2.45) is 5.73 Å². The molecule has 0 aliphatic carbocycles. The second-order valence-corrected chi connectivity index (χ2v) is 5.98. The van der Waals surface area contributed by atoms with Gasteiger partial charge in [0.1, 0.15) is 0 Å². The van der Waals surface area contributed by atoms with Gasteiger partial charge >= 0.3 is 0 Å². The summed E-state index contributed by atoms with van der Waals surface area (Å²) in [5.74, 6) is 6.05. The van der Waals surface area contributed by atoms with Gasteiger partial charge in [-0.25, -0.2) is 4.68 Å². The van der Waals surface area contributed by atoms with Crippen LogP contribution in [-0.4, -0.2) is 26.0 Å². The summed E-state index contributed by atoms with van der Waals surface area (Å²) >= 11 is 4.61. The molecule has 19 heavy (non-hydrogen) atoms. The van der Waals surface area contributed by atoms with Gasteiger partial charge in [0.2, 0.25) is 11.1 Å². The summed E-state index contributed by atoms with van der Waals surface area (Å²) in [5, 5.41) is 8.05. The lowest BCUT2D eigenvalue weighted by atomic mass is 10.2. The molecule has 0 radical (unpaired) electrons. The molecule has 100 valence electrons. The van der Waals surface area contributed by atoms with Gasteiger partial charge in [-0.2, -0.15) is 0 Å². The molecule has 0 spiro atoms. The molecule has 8 heteroatoms. The van der Waals surface area contributed by atoms with E-state index in [1.54, 1.807) is 6.92 Å².